The number of anilines is 2. The average molecular weight is 415 g/mol. The van der Waals surface area contributed by atoms with E-state index in [1.54, 1.807) is 6.07 Å². The Kier molecular flexibility index (Phi) is 6.06. The third kappa shape index (κ3) is 4.21. The van der Waals surface area contributed by atoms with Gasteiger partial charge in [-0.15, -0.1) is 11.3 Å². The van der Waals surface area contributed by atoms with Crippen LogP contribution in [-0.2, 0) is 4.74 Å². The number of nitrogens with one attached hydrogen (secondary N) is 2. The minimum absolute atomic E-state index is 0.264. The lowest BCUT2D eigenvalue weighted by molar-refractivity contribution is 0.0603. The Hall–Kier alpha value is -2.77. The SMILES string of the molecule is COC(=O)c1c(NC(=S)Nc2cc(F)ccc2C)sc(C)c1-c1ccccc1. The largest absolute Gasteiger partial charge is 0.465 e. The fraction of sp³-hybridized carbons (Fsp3) is 0.143. The molecule has 0 atom stereocenters. The number of esters is 1. The number of hydrogen-bond donors (Lipinski definition) is 2. The lowest BCUT2D eigenvalue weighted by Gasteiger charge is -2.13. The lowest BCUT2D eigenvalue weighted by Crippen LogP contribution is -2.20. The van der Waals surface area contributed by atoms with E-state index in [-0.39, 0.29) is 10.9 Å². The number of ether oxygens (including phenoxy) is 1. The molecule has 7 heteroatoms. The maximum atomic E-state index is 13.5. The van der Waals surface area contributed by atoms with Crippen LogP contribution in [0.1, 0.15) is 20.8 Å². The molecule has 0 bridgehead atoms. The molecule has 3 rings (SSSR count). The summed E-state index contributed by atoms with van der Waals surface area (Å²) in [4.78, 5) is 13.5. The van der Waals surface area contributed by atoms with Crippen LogP contribution in [0.15, 0.2) is 48.5 Å². The van der Waals surface area contributed by atoms with Gasteiger partial charge < -0.3 is 15.4 Å². The van der Waals surface area contributed by atoms with Crippen LogP contribution in [-0.4, -0.2) is 18.2 Å². The van der Waals surface area contributed by atoms with Gasteiger partial charge in [0.25, 0.3) is 0 Å². The second-order valence-electron chi connectivity index (χ2n) is 6.13. The molecule has 0 radical (unpaired) electrons. The van der Waals surface area contributed by atoms with E-state index >= 15 is 0 Å². The number of benzene rings is 2. The molecule has 0 saturated carbocycles. The molecule has 1 aromatic heterocycles. The van der Waals surface area contributed by atoms with E-state index in [2.05, 4.69) is 10.6 Å². The predicted molar refractivity (Wildman–Crippen MR) is 117 cm³/mol. The fourth-order valence-electron chi connectivity index (χ4n) is 2.87. The Morgan fingerprint density at radius 2 is 1.82 bits per heavy atom. The van der Waals surface area contributed by atoms with Gasteiger partial charge in [-0.05, 0) is 49.3 Å². The maximum Gasteiger partial charge on any atom is 0.341 e. The minimum atomic E-state index is -0.449. The van der Waals surface area contributed by atoms with Crippen molar-refractivity contribution in [2.75, 3.05) is 17.7 Å². The van der Waals surface area contributed by atoms with Crippen LogP contribution in [0, 0.1) is 19.7 Å². The second-order valence-corrected chi connectivity index (χ2v) is 7.77. The summed E-state index contributed by atoms with van der Waals surface area (Å²) in [5, 5.41) is 6.90. The number of thiophene rings is 1. The van der Waals surface area contributed by atoms with E-state index in [9.17, 15) is 9.18 Å². The van der Waals surface area contributed by atoms with Crippen molar-refractivity contribution in [1.29, 1.82) is 0 Å². The van der Waals surface area contributed by atoms with Gasteiger partial charge in [0.05, 0.1) is 7.11 Å². The maximum absolute atomic E-state index is 13.5. The van der Waals surface area contributed by atoms with Crippen molar-refractivity contribution >= 4 is 45.3 Å². The molecule has 2 N–H and O–H groups in total. The van der Waals surface area contributed by atoms with Gasteiger partial charge in [0.2, 0.25) is 0 Å². The van der Waals surface area contributed by atoms with Crippen LogP contribution in [0.4, 0.5) is 15.1 Å². The van der Waals surface area contributed by atoms with Gasteiger partial charge in [-0.3, -0.25) is 0 Å². The van der Waals surface area contributed by atoms with Gasteiger partial charge in [-0.25, -0.2) is 9.18 Å². The molecule has 1 heterocycles. The van der Waals surface area contributed by atoms with E-state index in [1.807, 2.05) is 44.2 Å². The zero-order valence-electron chi connectivity index (χ0n) is 15.6. The highest BCUT2D eigenvalue weighted by molar-refractivity contribution is 7.80. The topological polar surface area (TPSA) is 50.4 Å². The molecular weight excluding hydrogens is 395 g/mol. The Morgan fingerprint density at radius 3 is 2.50 bits per heavy atom. The number of carbonyl (C=O) groups excluding carboxylic acids is 1. The Labute approximate surface area is 172 Å². The quantitative estimate of drug-likeness (QED) is 0.419. The van der Waals surface area contributed by atoms with Crippen molar-refractivity contribution in [3.8, 4) is 11.1 Å². The predicted octanol–water partition coefficient (Wildman–Crippen LogP) is 5.77. The summed E-state index contributed by atoms with van der Waals surface area (Å²) in [5.74, 6) is -0.806. The number of hydrogen-bond acceptors (Lipinski definition) is 4. The Morgan fingerprint density at radius 1 is 1.11 bits per heavy atom. The van der Waals surface area contributed by atoms with Crippen molar-refractivity contribution < 1.29 is 13.9 Å². The molecule has 0 amide bonds. The highest BCUT2D eigenvalue weighted by atomic mass is 32.1. The smallest absolute Gasteiger partial charge is 0.341 e. The first-order valence-electron chi connectivity index (χ1n) is 8.52. The summed E-state index contributed by atoms with van der Waals surface area (Å²) in [6, 6.07) is 14.1. The van der Waals surface area contributed by atoms with Crippen molar-refractivity contribution in [3.63, 3.8) is 0 Å². The summed E-state index contributed by atoms with van der Waals surface area (Å²) >= 11 is 6.79. The van der Waals surface area contributed by atoms with Gasteiger partial charge in [0, 0.05) is 16.1 Å². The van der Waals surface area contributed by atoms with E-state index in [0.717, 1.165) is 21.6 Å². The zero-order chi connectivity index (χ0) is 20.3. The van der Waals surface area contributed by atoms with E-state index in [0.29, 0.717) is 16.3 Å². The third-order valence-electron chi connectivity index (χ3n) is 4.21. The summed E-state index contributed by atoms with van der Waals surface area (Å²) < 4.78 is 18.5. The van der Waals surface area contributed by atoms with Crippen molar-refractivity contribution in [3.05, 3.63) is 70.4 Å². The molecular formula is C21H19FN2O2S2. The van der Waals surface area contributed by atoms with Gasteiger partial charge in [0.15, 0.2) is 5.11 Å². The molecule has 28 heavy (non-hydrogen) atoms. The van der Waals surface area contributed by atoms with Gasteiger partial charge in [-0.2, -0.15) is 0 Å². The van der Waals surface area contributed by atoms with Gasteiger partial charge in [0.1, 0.15) is 16.4 Å². The molecule has 0 fully saturated rings. The molecule has 0 aliphatic rings. The van der Waals surface area contributed by atoms with Crippen LogP contribution < -0.4 is 10.6 Å². The first kappa shape index (κ1) is 20.0. The van der Waals surface area contributed by atoms with Crippen LogP contribution in [0.5, 0.6) is 0 Å². The number of aryl methyl sites for hydroxylation is 2. The highest BCUT2D eigenvalue weighted by Crippen LogP contribution is 2.40. The molecule has 3 aromatic rings. The number of methoxy groups -OCH3 is 1. The standard InChI is InChI=1S/C21H19FN2O2S2/c1-12-9-10-15(22)11-16(12)23-21(27)24-19-18(20(25)26-3)17(13(2)28-19)14-7-5-4-6-8-14/h4-11H,1-3H3,(H2,23,24,27). The van der Waals surface area contributed by atoms with Crippen molar-refractivity contribution in [2.24, 2.45) is 0 Å². The van der Waals surface area contributed by atoms with E-state index < -0.39 is 5.97 Å². The first-order chi connectivity index (χ1) is 13.4. The summed E-state index contributed by atoms with van der Waals surface area (Å²) in [6.45, 7) is 3.80. The van der Waals surface area contributed by atoms with Crippen LogP contribution in [0.25, 0.3) is 11.1 Å². The zero-order valence-corrected chi connectivity index (χ0v) is 17.3. The van der Waals surface area contributed by atoms with Gasteiger partial charge in [-0.1, -0.05) is 36.4 Å². The summed E-state index contributed by atoms with van der Waals surface area (Å²) in [6.07, 6.45) is 0. The summed E-state index contributed by atoms with van der Waals surface area (Å²) in [7, 11) is 1.35. The molecule has 0 unspecified atom stereocenters. The van der Waals surface area contributed by atoms with Crippen molar-refractivity contribution in [1.82, 2.24) is 0 Å². The lowest BCUT2D eigenvalue weighted by atomic mass is 10.0. The number of rotatable bonds is 4. The van der Waals surface area contributed by atoms with E-state index in [4.69, 9.17) is 17.0 Å². The molecule has 2 aromatic carbocycles. The fourth-order valence-corrected chi connectivity index (χ4v) is 4.21. The monoisotopic (exact) mass is 414 g/mol. The molecule has 144 valence electrons. The van der Waals surface area contributed by atoms with Crippen LogP contribution in [0.2, 0.25) is 0 Å². The van der Waals surface area contributed by atoms with Crippen LogP contribution >= 0.6 is 23.6 Å². The number of carbonyl (C=O) groups is 1. The third-order valence-corrected chi connectivity index (χ3v) is 5.44. The molecule has 0 aliphatic heterocycles. The summed E-state index contributed by atoms with van der Waals surface area (Å²) in [5.41, 5.74) is 3.57. The molecule has 4 nitrogen and oxygen atoms in total. The normalized spacial score (nSPS) is 10.4. The number of halogens is 1. The molecule has 0 spiro atoms. The number of thiocarbonyl (C=S) groups is 1. The molecule has 0 aliphatic carbocycles. The second kappa shape index (κ2) is 8.50. The molecule has 0 saturated heterocycles. The Bertz CT molecular complexity index is 1030. The van der Waals surface area contributed by atoms with Crippen LogP contribution in [0.3, 0.4) is 0 Å². The Balaban J connectivity index is 1.94. The van der Waals surface area contributed by atoms with E-state index in [1.165, 1.54) is 30.6 Å². The van der Waals surface area contributed by atoms with Gasteiger partial charge >= 0.3 is 5.97 Å². The minimum Gasteiger partial charge on any atom is -0.465 e. The first-order valence-corrected chi connectivity index (χ1v) is 9.74. The average Bonchev–Trinajstić information content (AvgIpc) is 3.00. The van der Waals surface area contributed by atoms with Crippen molar-refractivity contribution in [2.45, 2.75) is 13.8 Å². The highest BCUT2D eigenvalue weighted by Gasteiger charge is 2.24.